The van der Waals surface area contributed by atoms with E-state index in [4.69, 9.17) is 0 Å². The summed E-state index contributed by atoms with van der Waals surface area (Å²) < 4.78 is 2.72. The van der Waals surface area contributed by atoms with E-state index in [0.29, 0.717) is 16.9 Å². The van der Waals surface area contributed by atoms with Gasteiger partial charge in [-0.1, -0.05) is 36.4 Å². The largest absolute Gasteiger partial charge is 0.347 e. The summed E-state index contributed by atoms with van der Waals surface area (Å²) in [5, 5.41) is 19.9. The summed E-state index contributed by atoms with van der Waals surface area (Å²) in [4.78, 5) is 24.9. The molecule has 0 atom stereocenters. The number of benzene rings is 2. The predicted octanol–water partition coefficient (Wildman–Crippen LogP) is 0.997. The number of amides is 1. The van der Waals surface area contributed by atoms with E-state index in [-0.39, 0.29) is 24.6 Å². The normalized spacial score (nSPS) is 10.9. The highest BCUT2D eigenvalue weighted by Crippen LogP contribution is 2.11. The van der Waals surface area contributed by atoms with Crippen molar-refractivity contribution in [1.29, 1.82) is 0 Å². The van der Waals surface area contributed by atoms with Crippen LogP contribution in [0.15, 0.2) is 59.4 Å². The van der Waals surface area contributed by atoms with Gasteiger partial charge in [0.2, 0.25) is 5.91 Å². The molecule has 9 heteroatoms. The average Bonchev–Trinajstić information content (AvgIpc) is 3.20. The van der Waals surface area contributed by atoms with Crippen LogP contribution < -0.4 is 10.9 Å². The molecule has 0 aliphatic heterocycles. The number of nitrogens with one attached hydrogen (secondary N) is 1. The highest BCUT2D eigenvalue weighted by Gasteiger charge is 2.13. The standard InChI is InChI=1S/C19H17N7O2/c1-13-15-9-5-6-10-16(15)19(28)25(22-13)12-18(27)20-11-17-21-23-24-26(17)14-7-3-2-4-8-14/h2-10H,11-12H2,1H3,(H,20,27). The Balaban J connectivity index is 1.50. The monoisotopic (exact) mass is 375 g/mol. The maximum atomic E-state index is 12.6. The molecular formula is C19H17N7O2. The molecule has 0 saturated carbocycles. The van der Waals surface area contributed by atoms with Crippen LogP contribution in [-0.4, -0.2) is 35.9 Å². The lowest BCUT2D eigenvalue weighted by molar-refractivity contribution is -0.122. The first-order valence-corrected chi connectivity index (χ1v) is 8.69. The Kier molecular flexibility index (Phi) is 4.63. The summed E-state index contributed by atoms with van der Waals surface area (Å²) in [6.45, 7) is 1.75. The zero-order valence-electron chi connectivity index (χ0n) is 15.1. The minimum Gasteiger partial charge on any atom is -0.347 e. The Hall–Kier alpha value is -3.88. The summed E-state index contributed by atoms with van der Waals surface area (Å²) in [6.07, 6.45) is 0. The van der Waals surface area contributed by atoms with E-state index in [9.17, 15) is 9.59 Å². The molecule has 0 aliphatic carbocycles. The Bertz CT molecular complexity index is 1200. The summed E-state index contributed by atoms with van der Waals surface area (Å²) in [6, 6.07) is 16.6. The molecule has 0 aliphatic rings. The number of aryl methyl sites for hydroxylation is 1. The Labute approximate surface area is 159 Å². The molecule has 2 aromatic heterocycles. The lowest BCUT2D eigenvalue weighted by Gasteiger charge is -2.09. The minimum absolute atomic E-state index is 0.127. The van der Waals surface area contributed by atoms with Crippen molar-refractivity contribution in [1.82, 2.24) is 35.3 Å². The number of nitrogens with zero attached hydrogens (tertiary/aromatic N) is 6. The van der Waals surface area contributed by atoms with Crippen LogP contribution in [-0.2, 0) is 17.9 Å². The molecule has 1 amide bonds. The van der Waals surface area contributed by atoms with Gasteiger partial charge in [-0.2, -0.15) is 9.78 Å². The Morgan fingerprint density at radius 1 is 1.04 bits per heavy atom. The lowest BCUT2D eigenvalue weighted by Crippen LogP contribution is -2.34. The second-order valence-electron chi connectivity index (χ2n) is 6.21. The van der Waals surface area contributed by atoms with Crippen LogP contribution in [0, 0.1) is 6.92 Å². The van der Waals surface area contributed by atoms with Gasteiger partial charge in [0, 0.05) is 5.39 Å². The Morgan fingerprint density at radius 2 is 1.75 bits per heavy atom. The molecule has 0 spiro atoms. The van der Waals surface area contributed by atoms with Crippen molar-refractivity contribution >= 4 is 16.7 Å². The maximum absolute atomic E-state index is 12.6. The predicted molar refractivity (Wildman–Crippen MR) is 102 cm³/mol. The van der Waals surface area contributed by atoms with Crippen LogP contribution in [0.2, 0.25) is 0 Å². The van der Waals surface area contributed by atoms with Gasteiger partial charge in [-0.25, -0.2) is 4.68 Å². The topological polar surface area (TPSA) is 108 Å². The summed E-state index contributed by atoms with van der Waals surface area (Å²) in [5.41, 5.74) is 1.18. The molecule has 1 N–H and O–H groups in total. The molecule has 4 rings (SSSR count). The van der Waals surface area contributed by atoms with E-state index in [1.54, 1.807) is 16.8 Å². The van der Waals surface area contributed by atoms with Gasteiger partial charge >= 0.3 is 0 Å². The molecule has 4 aromatic rings. The smallest absolute Gasteiger partial charge is 0.275 e. The Morgan fingerprint density at radius 3 is 2.54 bits per heavy atom. The maximum Gasteiger partial charge on any atom is 0.275 e. The quantitative estimate of drug-likeness (QED) is 0.557. The van der Waals surface area contributed by atoms with E-state index in [2.05, 4.69) is 25.9 Å². The molecule has 9 nitrogen and oxygen atoms in total. The second kappa shape index (κ2) is 7.39. The van der Waals surface area contributed by atoms with Crippen LogP contribution in [0.3, 0.4) is 0 Å². The molecule has 2 aromatic carbocycles. The van der Waals surface area contributed by atoms with Crippen molar-refractivity contribution in [2.75, 3.05) is 0 Å². The molecular weight excluding hydrogens is 358 g/mol. The second-order valence-corrected chi connectivity index (χ2v) is 6.21. The van der Waals surface area contributed by atoms with Gasteiger partial charge in [-0.15, -0.1) is 5.10 Å². The highest BCUT2D eigenvalue weighted by atomic mass is 16.2. The van der Waals surface area contributed by atoms with Crippen molar-refractivity contribution in [3.8, 4) is 5.69 Å². The SMILES string of the molecule is Cc1nn(CC(=O)NCc2nnnn2-c2ccccc2)c(=O)c2ccccc12. The zero-order valence-corrected chi connectivity index (χ0v) is 15.1. The highest BCUT2D eigenvalue weighted by molar-refractivity contribution is 5.83. The zero-order chi connectivity index (χ0) is 19.5. The number of para-hydroxylation sites is 1. The molecule has 0 bridgehead atoms. The fraction of sp³-hybridized carbons (Fsp3) is 0.158. The van der Waals surface area contributed by atoms with E-state index in [0.717, 1.165) is 11.1 Å². The first kappa shape index (κ1) is 17.5. The number of rotatable bonds is 5. The fourth-order valence-electron chi connectivity index (χ4n) is 2.97. The summed E-state index contributed by atoms with van der Waals surface area (Å²) in [5.74, 6) is 0.126. The number of tetrazole rings is 1. The molecule has 2 heterocycles. The van der Waals surface area contributed by atoms with E-state index in [1.807, 2.05) is 49.4 Å². The molecule has 0 saturated heterocycles. The van der Waals surface area contributed by atoms with E-state index < -0.39 is 0 Å². The first-order valence-electron chi connectivity index (χ1n) is 8.69. The van der Waals surface area contributed by atoms with Crippen LogP contribution >= 0.6 is 0 Å². The third-order valence-electron chi connectivity index (χ3n) is 4.32. The number of carbonyl (C=O) groups excluding carboxylic acids is 1. The van der Waals surface area contributed by atoms with Crippen molar-refractivity contribution in [2.45, 2.75) is 20.0 Å². The van der Waals surface area contributed by atoms with Gasteiger partial charge in [0.15, 0.2) is 5.82 Å². The van der Waals surface area contributed by atoms with Gasteiger partial charge in [-0.05, 0) is 35.5 Å². The van der Waals surface area contributed by atoms with Gasteiger partial charge < -0.3 is 5.32 Å². The van der Waals surface area contributed by atoms with Gasteiger partial charge in [0.1, 0.15) is 6.54 Å². The third-order valence-corrected chi connectivity index (χ3v) is 4.32. The minimum atomic E-state index is -0.355. The van der Waals surface area contributed by atoms with E-state index in [1.165, 1.54) is 4.68 Å². The summed E-state index contributed by atoms with van der Waals surface area (Å²) >= 11 is 0. The van der Waals surface area contributed by atoms with Crippen molar-refractivity contribution in [3.05, 3.63) is 76.5 Å². The number of aromatic nitrogens is 6. The van der Waals surface area contributed by atoms with Crippen LogP contribution in [0.1, 0.15) is 11.5 Å². The van der Waals surface area contributed by atoms with Crippen LogP contribution in [0.5, 0.6) is 0 Å². The first-order chi connectivity index (χ1) is 13.6. The third kappa shape index (κ3) is 3.37. The van der Waals surface area contributed by atoms with Crippen LogP contribution in [0.4, 0.5) is 0 Å². The van der Waals surface area contributed by atoms with E-state index >= 15 is 0 Å². The molecule has 0 radical (unpaired) electrons. The average molecular weight is 375 g/mol. The lowest BCUT2D eigenvalue weighted by atomic mass is 10.1. The van der Waals surface area contributed by atoms with Crippen LogP contribution in [0.25, 0.3) is 16.5 Å². The molecule has 140 valence electrons. The molecule has 0 unspecified atom stereocenters. The summed E-state index contributed by atoms with van der Waals surface area (Å²) in [7, 11) is 0. The van der Waals surface area contributed by atoms with Crippen molar-refractivity contribution in [2.24, 2.45) is 0 Å². The molecule has 28 heavy (non-hydrogen) atoms. The number of hydrogen-bond donors (Lipinski definition) is 1. The van der Waals surface area contributed by atoms with Crippen molar-refractivity contribution in [3.63, 3.8) is 0 Å². The van der Waals surface area contributed by atoms with Gasteiger partial charge in [0.05, 0.1) is 23.3 Å². The van der Waals surface area contributed by atoms with Gasteiger partial charge in [0.25, 0.3) is 5.56 Å². The number of hydrogen-bond acceptors (Lipinski definition) is 6. The van der Waals surface area contributed by atoms with Gasteiger partial charge in [-0.3, -0.25) is 9.59 Å². The van der Waals surface area contributed by atoms with Crippen molar-refractivity contribution < 1.29 is 4.79 Å². The number of carbonyl (C=O) groups is 1. The molecule has 0 fully saturated rings. The fourth-order valence-corrected chi connectivity index (χ4v) is 2.97. The number of fused-ring (bicyclic) bond motifs is 1.